The zero-order valence-corrected chi connectivity index (χ0v) is 18.4. The summed E-state index contributed by atoms with van der Waals surface area (Å²) in [5.74, 6) is 0.762. The predicted octanol–water partition coefficient (Wildman–Crippen LogP) is 5.12. The molecule has 1 aliphatic heterocycles. The number of pyridine rings is 2. The molecule has 1 N–H and O–H groups in total. The van der Waals surface area contributed by atoms with Crippen LogP contribution in [0, 0.1) is 5.82 Å². The number of hydrogen-bond acceptors (Lipinski definition) is 5. The van der Waals surface area contributed by atoms with E-state index < -0.39 is 5.82 Å². The number of ether oxygens (including phenoxy) is 1. The van der Waals surface area contributed by atoms with Crippen molar-refractivity contribution in [2.75, 3.05) is 18.0 Å². The Bertz CT molecular complexity index is 1080. The molecule has 0 saturated carbocycles. The highest BCUT2D eigenvalue weighted by molar-refractivity contribution is 5.91. The summed E-state index contributed by atoms with van der Waals surface area (Å²) in [6.07, 6.45) is 12.9. The average molecular weight is 447 g/mol. The molecule has 6 nitrogen and oxygen atoms in total. The largest absolute Gasteiger partial charge is 0.453 e. The molecule has 3 aromatic rings. The predicted molar refractivity (Wildman–Crippen MR) is 127 cm³/mol. The Kier molecular flexibility index (Phi) is 7.64. The number of carbonyl (C=O) groups is 1. The Hall–Kier alpha value is -3.74. The van der Waals surface area contributed by atoms with Crippen molar-refractivity contribution in [3.05, 3.63) is 84.1 Å². The van der Waals surface area contributed by atoms with Crippen molar-refractivity contribution in [2.45, 2.75) is 32.2 Å². The highest BCUT2D eigenvalue weighted by Gasteiger charge is 2.11. The number of rotatable bonds is 7. The number of carbonyl (C=O) groups excluding carboxylic acids is 1. The lowest BCUT2D eigenvalue weighted by atomic mass is 10.2. The van der Waals surface area contributed by atoms with Gasteiger partial charge in [0, 0.05) is 38.1 Å². The van der Waals surface area contributed by atoms with E-state index in [-0.39, 0.29) is 11.7 Å². The minimum absolute atomic E-state index is 0.0979. The van der Waals surface area contributed by atoms with Gasteiger partial charge < -0.3 is 15.0 Å². The van der Waals surface area contributed by atoms with Gasteiger partial charge in [-0.15, -0.1) is 0 Å². The highest BCUT2D eigenvalue weighted by atomic mass is 19.1. The summed E-state index contributed by atoms with van der Waals surface area (Å²) >= 11 is 0. The molecule has 0 aliphatic carbocycles. The van der Waals surface area contributed by atoms with Crippen LogP contribution >= 0.6 is 0 Å². The molecule has 7 heteroatoms. The van der Waals surface area contributed by atoms with Crippen molar-refractivity contribution in [3.8, 4) is 11.5 Å². The van der Waals surface area contributed by atoms with Crippen molar-refractivity contribution < 1.29 is 13.9 Å². The minimum Gasteiger partial charge on any atom is -0.453 e. The van der Waals surface area contributed by atoms with Gasteiger partial charge in [-0.3, -0.25) is 9.78 Å². The van der Waals surface area contributed by atoms with E-state index in [0.717, 1.165) is 24.5 Å². The number of hydrogen-bond donors (Lipinski definition) is 1. The fourth-order valence-corrected chi connectivity index (χ4v) is 3.67. The zero-order chi connectivity index (χ0) is 22.9. The first-order valence-corrected chi connectivity index (χ1v) is 11.2. The van der Waals surface area contributed by atoms with Gasteiger partial charge in [0.2, 0.25) is 5.91 Å². The number of aromatic nitrogens is 2. The van der Waals surface area contributed by atoms with Crippen molar-refractivity contribution in [1.82, 2.24) is 15.3 Å². The van der Waals surface area contributed by atoms with Crippen LogP contribution in [0.2, 0.25) is 0 Å². The maximum atomic E-state index is 14.3. The molecule has 0 bridgehead atoms. The Labute approximate surface area is 193 Å². The molecule has 1 fully saturated rings. The van der Waals surface area contributed by atoms with Crippen LogP contribution < -0.4 is 15.0 Å². The standard InChI is InChI=1S/C26H27FN4O2/c27-23-16-20(7-10-24(23)33-22-6-5-13-28-19-22)9-12-26(32)30-18-21-8-11-25(29-17-21)31-14-3-1-2-4-15-31/h5-13,16-17,19H,1-4,14-15,18H2,(H,30,32)/b12-9+. The maximum Gasteiger partial charge on any atom is 0.244 e. The van der Waals surface area contributed by atoms with Crippen molar-refractivity contribution >= 4 is 17.8 Å². The summed E-state index contributed by atoms with van der Waals surface area (Å²) in [4.78, 5) is 23.0. The molecule has 1 aromatic carbocycles. The minimum atomic E-state index is -0.517. The fraction of sp³-hybridized carbons (Fsp3) is 0.269. The van der Waals surface area contributed by atoms with E-state index in [9.17, 15) is 9.18 Å². The third kappa shape index (κ3) is 6.62. The van der Waals surface area contributed by atoms with Crippen LogP contribution in [0.1, 0.15) is 36.8 Å². The molecule has 4 rings (SSSR count). The zero-order valence-electron chi connectivity index (χ0n) is 18.4. The second-order valence-electron chi connectivity index (χ2n) is 7.96. The topological polar surface area (TPSA) is 67.3 Å². The Balaban J connectivity index is 1.28. The molecule has 33 heavy (non-hydrogen) atoms. The van der Waals surface area contributed by atoms with Gasteiger partial charge in [-0.05, 0) is 60.4 Å². The Morgan fingerprint density at radius 1 is 1.09 bits per heavy atom. The van der Waals surface area contributed by atoms with Gasteiger partial charge in [-0.2, -0.15) is 0 Å². The first-order chi connectivity index (χ1) is 16.2. The molecule has 3 heterocycles. The van der Waals surface area contributed by atoms with Crippen LogP contribution in [0.3, 0.4) is 0 Å². The molecule has 1 amide bonds. The van der Waals surface area contributed by atoms with E-state index in [1.165, 1.54) is 50.1 Å². The summed E-state index contributed by atoms with van der Waals surface area (Å²) in [7, 11) is 0. The quantitative estimate of drug-likeness (QED) is 0.511. The average Bonchev–Trinajstić information content (AvgIpc) is 3.14. The summed E-state index contributed by atoms with van der Waals surface area (Å²) in [6.45, 7) is 2.47. The Morgan fingerprint density at radius 3 is 2.64 bits per heavy atom. The summed E-state index contributed by atoms with van der Waals surface area (Å²) < 4.78 is 19.8. The van der Waals surface area contributed by atoms with Gasteiger partial charge in [0.15, 0.2) is 11.6 Å². The molecular weight excluding hydrogens is 419 g/mol. The van der Waals surface area contributed by atoms with Gasteiger partial charge in [0.25, 0.3) is 0 Å². The number of anilines is 1. The van der Waals surface area contributed by atoms with E-state index in [0.29, 0.717) is 17.9 Å². The summed E-state index contributed by atoms with van der Waals surface area (Å²) in [5.41, 5.74) is 1.49. The van der Waals surface area contributed by atoms with Gasteiger partial charge in [-0.1, -0.05) is 25.0 Å². The third-order valence-corrected chi connectivity index (χ3v) is 5.45. The molecule has 2 aromatic heterocycles. The Morgan fingerprint density at radius 2 is 1.94 bits per heavy atom. The highest BCUT2D eigenvalue weighted by Crippen LogP contribution is 2.25. The molecule has 0 unspecified atom stereocenters. The van der Waals surface area contributed by atoms with Crippen molar-refractivity contribution in [2.24, 2.45) is 0 Å². The van der Waals surface area contributed by atoms with Gasteiger partial charge in [0.1, 0.15) is 11.6 Å². The SMILES string of the molecule is O=C(/C=C/c1ccc(Oc2cccnc2)c(F)c1)NCc1ccc(N2CCCCCC2)nc1. The van der Waals surface area contributed by atoms with Crippen molar-refractivity contribution in [1.29, 1.82) is 0 Å². The molecule has 0 radical (unpaired) electrons. The lowest BCUT2D eigenvalue weighted by Crippen LogP contribution is -2.25. The molecule has 170 valence electrons. The van der Waals surface area contributed by atoms with Crippen molar-refractivity contribution in [3.63, 3.8) is 0 Å². The van der Waals surface area contributed by atoms with E-state index in [1.807, 2.05) is 12.1 Å². The van der Waals surface area contributed by atoms with Crippen LogP contribution in [0.4, 0.5) is 10.2 Å². The normalized spacial score (nSPS) is 14.2. The lowest BCUT2D eigenvalue weighted by Gasteiger charge is -2.21. The smallest absolute Gasteiger partial charge is 0.244 e. The second-order valence-corrected chi connectivity index (χ2v) is 7.96. The van der Waals surface area contributed by atoms with Gasteiger partial charge in [0.05, 0.1) is 6.20 Å². The van der Waals surface area contributed by atoms with Crippen LogP contribution in [-0.2, 0) is 11.3 Å². The second kappa shape index (κ2) is 11.2. The summed E-state index contributed by atoms with van der Waals surface area (Å²) in [5, 5.41) is 2.83. The first-order valence-electron chi connectivity index (χ1n) is 11.2. The van der Waals surface area contributed by atoms with Gasteiger partial charge >= 0.3 is 0 Å². The number of nitrogens with one attached hydrogen (secondary N) is 1. The van der Waals surface area contributed by atoms with Gasteiger partial charge in [-0.25, -0.2) is 9.37 Å². The summed E-state index contributed by atoms with van der Waals surface area (Å²) in [6, 6.07) is 11.9. The maximum absolute atomic E-state index is 14.3. The third-order valence-electron chi connectivity index (χ3n) is 5.45. The number of benzene rings is 1. The van der Waals surface area contributed by atoms with E-state index in [1.54, 1.807) is 36.7 Å². The van der Waals surface area contributed by atoms with Crippen LogP contribution in [0.5, 0.6) is 11.5 Å². The molecule has 0 atom stereocenters. The monoisotopic (exact) mass is 446 g/mol. The molecule has 1 saturated heterocycles. The van der Waals surface area contributed by atoms with E-state index >= 15 is 0 Å². The van der Waals surface area contributed by atoms with E-state index in [4.69, 9.17) is 4.74 Å². The van der Waals surface area contributed by atoms with Crippen LogP contribution in [0.15, 0.2) is 67.1 Å². The number of nitrogens with zero attached hydrogens (tertiary/aromatic N) is 3. The lowest BCUT2D eigenvalue weighted by molar-refractivity contribution is -0.116. The fourth-order valence-electron chi connectivity index (χ4n) is 3.67. The van der Waals surface area contributed by atoms with Crippen LogP contribution in [0.25, 0.3) is 6.08 Å². The molecule has 1 aliphatic rings. The van der Waals surface area contributed by atoms with Crippen LogP contribution in [-0.4, -0.2) is 29.0 Å². The number of amides is 1. The molecular formula is C26H27FN4O2. The first kappa shape index (κ1) is 22.5. The van der Waals surface area contributed by atoms with E-state index in [2.05, 4.69) is 20.2 Å². The molecule has 0 spiro atoms. The number of halogens is 1.